The van der Waals surface area contributed by atoms with Gasteiger partial charge in [0.05, 0.1) is 10.7 Å². The third-order valence-electron chi connectivity index (χ3n) is 3.52. The summed E-state index contributed by atoms with van der Waals surface area (Å²) in [6, 6.07) is 4.92. The molecule has 0 aliphatic heterocycles. The van der Waals surface area contributed by atoms with Crippen LogP contribution in [0.2, 0.25) is 10.0 Å². The van der Waals surface area contributed by atoms with Crippen LogP contribution in [0.1, 0.15) is 19.5 Å². The van der Waals surface area contributed by atoms with Crippen LogP contribution in [-0.2, 0) is 14.6 Å². The van der Waals surface area contributed by atoms with Crippen molar-refractivity contribution in [3.05, 3.63) is 33.9 Å². The largest absolute Gasteiger partial charge is 0.382 e. The monoisotopic (exact) mass is 347 g/mol. The van der Waals surface area contributed by atoms with Gasteiger partial charge in [-0.15, -0.1) is 0 Å². The van der Waals surface area contributed by atoms with Crippen molar-refractivity contribution in [3.8, 4) is 11.1 Å². The van der Waals surface area contributed by atoms with E-state index in [1.165, 1.54) is 0 Å². The summed E-state index contributed by atoms with van der Waals surface area (Å²) >= 11 is 12.1. The van der Waals surface area contributed by atoms with Gasteiger partial charge < -0.3 is 5.73 Å². The highest BCUT2D eigenvalue weighted by Gasteiger charge is 2.37. The molecular formula is C13H15Cl2N3O2S. The number of H-pyrrole nitrogens is 1. The number of rotatable bonds is 3. The van der Waals surface area contributed by atoms with Crippen LogP contribution in [0.5, 0.6) is 0 Å². The lowest BCUT2D eigenvalue weighted by atomic mass is 9.98. The molecule has 0 bridgehead atoms. The molecule has 1 aromatic heterocycles. The van der Waals surface area contributed by atoms with Crippen LogP contribution in [0.3, 0.4) is 0 Å². The van der Waals surface area contributed by atoms with Crippen molar-refractivity contribution >= 4 is 38.9 Å². The standard InChI is InChI=1S/C13H15Cl2N3O2S/c1-13(2,21(3,19)20)11-10(12(16)18-17-11)8-5-4-7(14)6-9(8)15/h4-6H,1-3H3,(H3,16,17,18). The number of hydrogen-bond acceptors (Lipinski definition) is 4. The Labute approximate surface area is 133 Å². The van der Waals surface area contributed by atoms with E-state index in [2.05, 4.69) is 10.2 Å². The molecule has 0 saturated carbocycles. The maximum Gasteiger partial charge on any atom is 0.158 e. The molecule has 0 saturated heterocycles. The van der Waals surface area contributed by atoms with Gasteiger partial charge in [-0.05, 0) is 26.0 Å². The molecule has 0 atom stereocenters. The number of hydrogen-bond donors (Lipinski definition) is 2. The molecular weight excluding hydrogens is 333 g/mol. The average molecular weight is 348 g/mol. The third kappa shape index (κ3) is 2.75. The molecule has 0 amide bonds. The van der Waals surface area contributed by atoms with E-state index in [1.54, 1.807) is 32.0 Å². The first-order chi connectivity index (χ1) is 9.55. The van der Waals surface area contributed by atoms with E-state index >= 15 is 0 Å². The normalized spacial score (nSPS) is 12.6. The second-order valence-electron chi connectivity index (χ2n) is 5.27. The number of nitrogen functional groups attached to an aromatic ring is 1. The van der Waals surface area contributed by atoms with Crippen LogP contribution in [0, 0.1) is 0 Å². The fourth-order valence-corrected chi connectivity index (χ4v) is 2.96. The number of aromatic nitrogens is 2. The quantitative estimate of drug-likeness (QED) is 0.891. The summed E-state index contributed by atoms with van der Waals surface area (Å²) in [6.45, 7) is 3.17. The molecule has 0 aliphatic carbocycles. The Balaban J connectivity index is 2.75. The SMILES string of the molecule is CC(C)(c1[nH]nc(N)c1-c1ccc(Cl)cc1Cl)S(C)(=O)=O. The lowest BCUT2D eigenvalue weighted by Crippen LogP contribution is -2.29. The van der Waals surface area contributed by atoms with Crippen molar-refractivity contribution < 1.29 is 8.42 Å². The van der Waals surface area contributed by atoms with Crippen molar-refractivity contribution in [2.45, 2.75) is 18.6 Å². The number of sulfone groups is 1. The van der Waals surface area contributed by atoms with E-state index in [0.29, 0.717) is 26.9 Å². The van der Waals surface area contributed by atoms with Gasteiger partial charge >= 0.3 is 0 Å². The maximum absolute atomic E-state index is 12.0. The molecule has 1 heterocycles. The molecule has 5 nitrogen and oxygen atoms in total. The fraction of sp³-hybridized carbons (Fsp3) is 0.308. The number of nitrogens with two attached hydrogens (primary N) is 1. The summed E-state index contributed by atoms with van der Waals surface area (Å²) in [5.41, 5.74) is 7.35. The number of nitrogens with zero attached hydrogens (tertiary/aromatic N) is 1. The van der Waals surface area contributed by atoms with Crippen molar-refractivity contribution in [2.75, 3.05) is 12.0 Å². The predicted molar refractivity (Wildman–Crippen MR) is 86.3 cm³/mol. The summed E-state index contributed by atoms with van der Waals surface area (Å²) in [6.07, 6.45) is 1.16. The van der Waals surface area contributed by atoms with Crippen molar-refractivity contribution in [1.29, 1.82) is 0 Å². The smallest absolute Gasteiger partial charge is 0.158 e. The van der Waals surface area contributed by atoms with Crippen LogP contribution in [0.4, 0.5) is 5.82 Å². The van der Waals surface area contributed by atoms with Gasteiger partial charge in [0.1, 0.15) is 4.75 Å². The lowest BCUT2D eigenvalue weighted by molar-refractivity contribution is 0.556. The van der Waals surface area contributed by atoms with E-state index < -0.39 is 14.6 Å². The fourth-order valence-electron chi connectivity index (χ4n) is 1.94. The molecule has 21 heavy (non-hydrogen) atoms. The highest BCUT2D eigenvalue weighted by Crippen LogP contribution is 2.41. The summed E-state index contributed by atoms with van der Waals surface area (Å²) in [4.78, 5) is 0. The summed E-state index contributed by atoms with van der Waals surface area (Å²) < 4.78 is 22.9. The third-order valence-corrected chi connectivity index (χ3v) is 6.13. The van der Waals surface area contributed by atoms with Gasteiger partial charge in [-0.2, -0.15) is 5.10 Å². The highest BCUT2D eigenvalue weighted by molar-refractivity contribution is 7.91. The lowest BCUT2D eigenvalue weighted by Gasteiger charge is -2.23. The zero-order valence-corrected chi connectivity index (χ0v) is 14.1. The van der Waals surface area contributed by atoms with Gasteiger partial charge in [0.15, 0.2) is 15.7 Å². The zero-order valence-electron chi connectivity index (χ0n) is 11.7. The summed E-state index contributed by atoms with van der Waals surface area (Å²) in [5.74, 6) is 0.186. The Morgan fingerprint density at radius 2 is 1.90 bits per heavy atom. The van der Waals surface area contributed by atoms with E-state index in [-0.39, 0.29) is 5.82 Å². The number of benzene rings is 1. The molecule has 0 fully saturated rings. The van der Waals surface area contributed by atoms with Gasteiger partial charge in [-0.1, -0.05) is 29.3 Å². The van der Waals surface area contributed by atoms with Crippen LogP contribution in [-0.4, -0.2) is 24.9 Å². The predicted octanol–water partition coefficient (Wildman–Crippen LogP) is 3.25. The second-order valence-corrected chi connectivity index (χ2v) is 8.67. The van der Waals surface area contributed by atoms with Gasteiger partial charge in [0, 0.05) is 22.4 Å². The minimum absolute atomic E-state index is 0.186. The molecule has 0 spiro atoms. The molecule has 3 N–H and O–H groups in total. The first kappa shape index (κ1) is 16.1. The Morgan fingerprint density at radius 1 is 1.29 bits per heavy atom. The first-order valence-corrected chi connectivity index (χ1v) is 8.69. The van der Waals surface area contributed by atoms with E-state index in [0.717, 1.165) is 6.26 Å². The number of aromatic amines is 1. The number of halogens is 2. The minimum Gasteiger partial charge on any atom is -0.382 e. The molecule has 1 aromatic carbocycles. The van der Waals surface area contributed by atoms with E-state index in [1.807, 2.05) is 0 Å². The molecule has 0 aliphatic rings. The number of nitrogens with one attached hydrogen (secondary N) is 1. The highest BCUT2D eigenvalue weighted by atomic mass is 35.5. The molecule has 114 valence electrons. The Hall–Kier alpha value is -1.24. The maximum atomic E-state index is 12.0. The van der Waals surface area contributed by atoms with Gasteiger partial charge in [0.2, 0.25) is 0 Å². The molecule has 8 heteroatoms. The topological polar surface area (TPSA) is 88.8 Å². The van der Waals surface area contributed by atoms with Crippen molar-refractivity contribution in [3.63, 3.8) is 0 Å². The average Bonchev–Trinajstić information content (AvgIpc) is 2.70. The Kier molecular flexibility index (Phi) is 3.99. The zero-order chi connectivity index (χ0) is 16.0. The van der Waals surface area contributed by atoms with Crippen LogP contribution < -0.4 is 5.73 Å². The van der Waals surface area contributed by atoms with Crippen molar-refractivity contribution in [1.82, 2.24) is 10.2 Å². The number of anilines is 1. The minimum atomic E-state index is -3.39. The van der Waals surface area contributed by atoms with E-state index in [4.69, 9.17) is 28.9 Å². The summed E-state index contributed by atoms with van der Waals surface area (Å²) in [7, 11) is -3.39. The van der Waals surface area contributed by atoms with Crippen molar-refractivity contribution in [2.24, 2.45) is 0 Å². The van der Waals surface area contributed by atoms with Crippen LogP contribution in [0.25, 0.3) is 11.1 Å². The molecule has 2 rings (SSSR count). The molecule has 0 radical (unpaired) electrons. The molecule has 2 aromatic rings. The summed E-state index contributed by atoms with van der Waals surface area (Å²) in [5, 5.41) is 7.51. The molecule has 0 unspecified atom stereocenters. The van der Waals surface area contributed by atoms with E-state index in [9.17, 15) is 8.42 Å². The Bertz CT molecular complexity index is 798. The Morgan fingerprint density at radius 3 is 2.43 bits per heavy atom. The van der Waals surface area contributed by atoms with Gasteiger partial charge in [-0.3, -0.25) is 5.10 Å². The second kappa shape index (κ2) is 5.19. The van der Waals surface area contributed by atoms with Crippen LogP contribution >= 0.6 is 23.2 Å². The van der Waals surface area contributed by atoms with Gasteiger partial charge in [-0.25, -0.2) is 8.42 Å². The van der Waals surface area contributed by atoms with Crippen LogP contribution in [0.15, 0.2) is 18.2 Å². The first-order valence-electron chi connectivity index (χ1n) is 6.05. The van der Waals surface area contributed by atoms with Gasteiger partial charge in [0.25, 0.3) is 0 Å².